The first kappa shape index (κ1) is 12.6. The molecule has 2 aliphatic heterocycles. The summed E-state index contributed by atoms with van der Waals surface area (Å²) in [6.07, 6.45) is -4.25. The lowest BCUT2D eigenvalue weighted by atomic mass is 9.66. The summed E-state index contributed by atoms with van der Waals surface area (Å²) < 4.78 is 37.0. The number of halogens is 4. The van der Waals surface area contributed by atoms with Crippen LogP contribution in [-0.4, -0.2) is 28.8 Å². The number of alkyl halides is 3. The zero-order valence-electron chi connectivity index (χ0n) is 7.67. The molecular formula is C8H11ClF3NO2. The second-order valence-corrected chi connectivity index (χ2v) is 4.11. The van der Waals surface area contributed by atoms with Gasteiger partial charge in [0.15, 0.2) is 0 Å². The Morgan fingerprint density at radius 2 is 1.93 bits per heavy atom. The zero-order chi connectivity index (χ0) is 10.6. The molecular weight excluding hydrogens is 235 g/mol. The molecule has 1 aliphatic carbocycles. The van der Waals surface area contributed by atoms with E-state index in [4.69, 9.17) is 5.11 Å². The highest BCUT2D eigenvalue weighted by molar-refractivity contribution is 5.85. The third-order valence-electron chi connectivity index (χ3n) is 3.11. The van der Waals surface area contributed by atoms with Crippen molar-refractivity contribution in [3.05, 3.63) is 0 Å². The highest BCUT2D eigenvalue weighted by atomic mass is 35.5. The van der Waals surface area contributed by atoms with Crippen LogP contribution in [-0.2, 0) is 4.79 Å². The lowest BCUT2D eigenvalue weighted by Gasteiger charge is -2.53. The Labute approximate surface area is 90.4 Å². The zero-order valence-corrected chi connectivity index (χ0v) is 8.49. The molecule has 0 amide bonds. The van der Waals surface area contributed by atoms with Crippen molar-refractivity contribution < 1.29 is 23.1 Å². The largest absolute Gasteiger partial charge is 0.480 e. The van der Waals surface area contributed by atoms with E-state index in [1.165, 1.54) is 0 Å². The fraction of sp³-hybridized carbons (Fsp3) is 0.875. The fourth-order valence-corrected chi connectivity index (χ4v) is 2.41. The molecule has 3 fully saturated rings. The number of carboxylic acid groups (broad SMARTS) is 1. The summed E-state index contributed by atoms with van der Waals surface area (Å²) in [6.45, 7) is 0. The SMILES string of the molecule is Cl.O=C(O)C12CC(CC(C(F)(F)F)C1)N2. The molecule has 0 spiro atoms. The van der Waals surface area contributed by atoms with E-state index < -0.39 is 23.6 Å². The Bertz CT molecular complexity index is 276. The smallest absolute Gasteiger partial charge is 0.391 e. The monoisotopic (exact) mass is 245 g/mol. The van der Waals surface area contributed by atoms with E-state index in [2.05, 4.69) is 5.32 Å². The minimum absolute atomic E-state index is 0. The first-order valence-corrected chi connectivity index (χ1v) is 4.41. The predicted molar refractivity (Wildman–Crippen MR) is 47.9 cm³/mol. The van der Waals surface area contributed by atoms with Gasteiger partial charge in [-0.3, -0.25) is 10.1 Å². The number of aliphatic carboxylic acids is 1. The Balaban J connectivity index is 0.00000112. The van der Waals surface area contributed by atoms with Gasteiger partial charge in [-0.2, -0.15) is 13.2 Å². The average molecular weight is 246 g/mol. The topological polar surface area (TPSA) is 49.3 Å². The molecule has 2 heterocycles. The molecule has 88 valence electrons. The molecule has 15 heavy (non-hydrogen) atoms. The summed E-state index contributed by atoms with van der Waals surface area (Å²) in [4.78, 5) is 10.8. The minimum atomic E-state index is -4.26. The molecule has 3 unspecified atom stereocenters. The standard InChI is InChI=1S/C8H10F3NO2.ClH/c9-8(10,11)4-1-5-3-7(2-4,12-5)6(13)14;/h4-5,12H,1-3H2,(H,13,14);1H. The third-order valence-corrected chi connectivity index (χ3v) is 3.11. The first-order chi connectivity index (χ1) is 6.33. The van der Waals surface area contributed by atoms with E-state index in [-0.39, 0.29) is 31.3 Å². The summed E-state index contributed by atoms with van der Waals surface area (Å²) in [6, 6.07) is -0.272. The van der Waals surface area contributed by atoms with E-state index in [1.54, 1.807) is 0 Å². The Morgan fingerprint density at radius 3 is 2.33 bits per heavy atom. The van der Waals surface area contributed by atoms with Gasteiger partial charge < -0.3 is 5.11 Å². The molecule has 2 N–H and O–H groups in total. The van der Waals surface area contributed by atoms with Gasteiger partial charge in [0.2, 0.25) is 0 Å². The molecule has 0 radical (unpaired) electrons. The van der Waals surface area contributed by atoms with E-state index in [1.807, 2.05) is 0 Å². The van der Waals surface area contributed by atoms with Crippen molar-refractivity contribution >= 4 is 18.4 Å². The molecule has 0 aromatic rings. The molecule has 3 aliphatic rings. The number of carbonyl (C=O) groups is 1. The highest BCUT2D eigenvalue weighted by Gasteiger charge is 2.60. The third kappa shape index (κ3) is 1.92. The van der Waals surface area contributed by atoms with Crippen LogP contribution < -0.4 is 5.32 Å². The van der Waals surface area contributed by atoms with Crippen LogP contribution in [0.2, 0.25) is 0 Å². The fourth-order valence-electron chi connectivity index (χ4n) is 2.41. The minimum Gasteiger partial charge on any atom is -0.480 e. The molecule has 3 rings (SSSR count). The van der Waals surface area contributed by atoms with Gasteiger partial charge in [-0.05, 0) is 19.3 Å². The van der Waals surface area contributed by atoms with Crippen molar-refractivity contribution in [2.75, 3.05) is 0 Å². The van der Waals surface area contributed by atoms with Crippen LogP contribution >= 0.6 is 12.4 Å². The van der Waals surface area contributed by atoms with Crippen molar-refractivity contribution in [2.24, 2.45) is 5.92 Å². The summed E-state index contributed by atoms with van der Waals surface area (Å²) in [5.74, 6) is -2.62. The van der Waals surface area contributed by atoms with Gasteiger partial charge >= 0.3 is 12.1 Å². The molecule has 3 nitrogen and oxygen atoms in total. The molecule has 0 aromatic heterocycles. The van der Waals surface area contributed by atoms with E-state index in [0.29, 0.717) is 6.42 Å². The molecule has 1 saturated carbocycles. The predicted octanol–water partition coefficient (Wildman–Crippen LogP) is 1.57. The van der Waals surface area contributed by atoms with Gasteiger partial charge in [0.25, 0.3) is 0 Å². The number of nitrogens with one attached hydrogen (secondary N) is 1. The molecule has 2 saturated heterocycles. The summed E-state index contributed by atoms with van der Waals surface area (Å²) in [7, 11) is 0. The lowest BCUT2D eigenvalue weighted by molar-refractivity contribution is -0.207. The van der Waals surface area contributed by atoms with Crippen LogP contribution in [0.1, 0.15) is 19.3 Å². The normalized spacial score (nSPS) is 38.9. The van der Waals surface area contributed by atoms with Crippen molar-refractivity contribution in [3.63, 3.8) is 0 Å². The van der Waals surface area contributed by atoms with Crippen LogP contribution in [0, 0.1) is 5.92 Å². The van der Waals surface area contributed by atoms with Crippen molar-refractivity contribution in [2.45, 2.75) is 37.0 Å². The Morgan fingerprint density at radius 1 is 1.40 bits per heavy atom. The van der Waals surface area contributed by atoms with Crippen LogP contribution in [0.3, 0.4) is 0 Å². The average Bonchev–Trinajstić information content (AvgIpc) is 2.00. The number of rotatable bonds is 1. The maximum absolute atomic E-state index is 12.3. The Hall–Kier alpha value is -0.490. The number of fused-ring (bicyclic) bond motifs is 2. The molecule has 0 aromatic carbocycles. The Kier molecular flexibility index (Phi) is 2.95. The summed E-state index contributed by atoms with van der Waals surface area (Å²) in [5.41, 5.74) is -1.30. The molecule has 2 bridgehead atoms. The van der Waals surface area contributed by atoms with E-state index in [0.717, 1.165) is 0 Å². The highest BCUT2D eigenvalue weighted by Crippen LogP contribution is 2.47. The second-order valence-electron chi connectivity index (χ2n) is 4.11. The number of hydrogen-bond acceptors (Lipinski definition) is 2. The number of carboxylic acids is 1. The number of piperidine rings is 1. The summed E-state index contributed by atoms with van der Waals surface area (Å²) >= 11 is 0. The van der Waals surface area contributed by atoms with Crippen molar-refractivity contribution in [1.29, 1.82) is 0 Å². The van der Waals surface area contributed by atoms with Gasteiger partial charge in [0, 0.05) is 6.04 Å². The maximum atomic E-state index is 12.3. The molecule has 7 heteroatoms. The van der Waals surface area contributed by atoms with Crippen LogP contribution in [0.5, 0.6) is 0 Å². The van der Waals surface area contributed by atoms with E-state index in [9.17, 15) is 18.0 Å². The van der Waals surface area contributed by atoms with Gasteiger partial charge in [0.1, 0.15) is 5.54 Å². The molecule has 3 atom stereocenters. The van der Waals surface area contributed by atoms with Gasteiger partial charge in [-0.1, -0.05) is 0 Å². The van der Waals surface area contributed by atoms with Gasteiger partial charge in [-0.25, -0.2) is 0 Å². The van der Waals surface area contributed by atoms with Gasteiger partial charge in [-0.15, -0.1) is 12.4 Å². The second kappa shape index (κ2) is 3.52. The lowest BCUT2D eigenvalue weighted by Crippen LogP contribution is -2.72. The first-order valence-electron chi connectivity index (χ1n) is 4.41. The number of hydrogen-bond donors (Lipinski definition) is 2. The van der Waals surface area contributed by atoms with Crippen LogP contribution in [0.15, 0.2) is 0 Å². The van der Waals surface area contributed by atoms with Crippen molar-refractivity contribution in [1.82, 2.24) is 5.32 Å². The van der Waals surface area contributed by atoms with Crippen LogP contribution in [0.4, 0.5) is 13.2 Å². The van der Waals surface area contributed by atoms with Crippen molar-refractivity contribution in [3.8, 4) is 0 Å². The maximum Gasteiger partial charge on any atom is 0.391 e. The van der Waals surface area contributed by atoms with E-state index >= 15 is 0 Å². The quantitative estimate of drug-likeness (QED) is 0.737. The van der Waals surface area contributed by atoms with Crippen LogP contribution in [0.25, 0.3) is 0 Å². The summed E-state index contributed by atoms with van der Waals surface area (Å²) in [5, 5.41) is 11.5. The van der Waals surface area contributed by atoms with Gasteiger partial charge in [0.05, 0.1) is 5.92 Å².